The first-order valence-electron chi connectivity index (χ1n) is 9.62. The summed E-state index contributed by atoms with van der Waals surface area (Å²) >= 11 is 0. The van der Waals surface area contributed by atoms with E-state index < -0.39 is 0 Å². The number of hydrogen-bond donors (Lipinski definition) is 2. The van der Waals surface area contributed by atoms with Crippen molar-refractivity contribution in [2.75, 3.05) is 11.9 Å². The Hall–Kier alpha value is -4.40. The van der Waals surface area contributed by atoms with Crippen LogP contribution in [-0.4, -0.2) is 48.9 Å². The molecule has 5 heterocycles. The highest BCUT2D eigenvalue weighted by molar-refractivity contribution is 5.95. The van der Waals surface area contributed by atoms with Crippen LogP contribution in [0.3, 0.4) is 0 Å². The number of aromatic nitrogens is 7. The van der Waals surface area contributed by atoms with Crippen LogP contribution in [-0.2, 0) is 0 Å². The lowest BCUT2D eigenvalue weighted by Crippen LogP contribution is -2.11. The molecule has 0 saturated heterocycles. The first-order valence-corrected chi connectivity index (χ1v) is 9.62. The maximum absolute atomic E-state index is 4.81. The topological polar surface area (TPSA) is 112 Å². The Balaban J connectivity index is 1.63. The number of anilines is 1. The molecule has 0 aliphatic carbocycles. The number of nitrogens with one attached hydrogen (secondary N) is 2. The minimum absolute atomic E-state index is 0.612. The molecule has 5 aromatic heterocycles. The fourth-order valence-electron chi connectivity index (χ4n) is 3.43. The van der Waals surface area contributed by atoms with Gasteiger partial charge in [-0.05, 0) is 37.9 Å². The minimum Gasteiger partial charge on any atom is -0.336 e. The van der Waals surface area contributed by atoms with E-state index in [-0.39, 0.29) is 0 Å². The van der Waals surface area contributed by atoms with Gasteiger partial charge in [0.15, 0.2) is 17.3 Å². The molecule has 152 valence electrons. The Labute approximate surface area is 177 Å². The third-order valence-electron chi connectivity index (χ3n) is 4.95. The molecule has 5 rings (SSSR count). The lowest BCUT2D eigenvalue weighted by Gasteiger charge is -2.13. The van der Waals surface area contributed by atoms with Gasteiger partial charge in [-0.2, -0.15) is 5.10 Å². The number of hydrogen-bond acceptors (Lipinski definition) is 7. The van der Waals surface area contributed by atoms with Gasteiger partial charge >= 0.3 is 0 Å². The van der Waals surface area contributed by atoms with Crippen molar-refractivity contribution < 1.29 is 0 Å². The third kappa shape index (κ3) is 3.31. The number of pyridine rings is 3. The molecule has 5 aromatic rings. The number of allylic oxidation sites excluding steroid dienone is 1. The second kappa shape index (κ2) is 7.45. The van der Waals surface area contributed by atoms with Crippen LogP contribution in [0.15, 0.2) is 65.8 Å². The molecule has 0 bridgehead atoms. The largest absolute Gasteiger partial charge is 0.336 e. The molecule has 0 aliphatic rings. The Morgan fingerprint density at radius 1 is 1.16 bits per heavy atom. The molecule has 0 amide bonds. The molecular weight excluding hydrogens is 390 g/mol. The minimum atomic E-state index is 0.612. The van der Waals surface area contributed by atoms with Gasteiger partial charge in [0.1, 0.15) is 11.2 Å². The summed E-state index contributed by atoms with van der Waals surface area (Å²) in [5.41, 5.74) is 5.51. The number of aliphatic imine (C=N–C) groups is 1. The van der Waals surface area contributed by atoms with Crippen molar-refractivity contribution in [2.45, 2.75) is 6.92 Å². The zero-order chi connectivity index (χ0) is 21.4. The van der Waals surface area contributed by atoms with Crippen LogP contribution in [0.1, 0.15) is 6.92 Å². The first kappa shape index (κ1) is 18.6. The summed E-state index contributed by atoms with van der Waals surface area (Å²) < 4.78 is 0. The fraction of sp³-hybridized carbons (Fsp3) is 0.0909. The van der Waals surface area contributed by atoms with E-state index in [2.05, 4.69) is 41.8 Å². The molecule has 31 heavy (non-hydrogen) atoms. The Bertz CT molecular complexity index is 1430. The summed E-state index contributed by atoms with van der Waals surface area (Å²) in [5.74, 6) is 1.36. The van der Waals surface area contributed by atoms with Crippen LogP contribution in [0.25, 0.3) is 44.8 Å². The predicted octanol–water partition coefficient (Wildman–Crippen LogP) is 3.96. The van der Waals surface area contributed by atoms with Crippen molar-refractivity contribution in [1.82, 2.24) is 35.1 Å². The molecule has 0 radical (unpaired) electrons. The van der Waals surface area contributed by atoms with Gasteiger partial charge in [0.25, 0.3) is 0 Å². The first-order chi connectivity index (χ1) is 15.1. The summed E-state index contributed by atoms with van der Waals surface area (Å²) in [6.07, 6.45) is 7.13. The van der Waals surface area contributed by atoms with Gasteiger partial charge in [-0.1, -0.05) is 6.07 Å². The van der Waals surface area contributed by atoms with E-state index in [0.29, 0.717) is 17.3 Å². The second-order valence-corrected chi connectivity index (χ2v) is 7.06. The fourth-order valence-corrected chi connectivity index (χ4v) is 3.43. The Morgan fingerprint density at radius 3 is 2.87 bits per heavy atom. The average Bonchev–Trinajstić information content (AvgIpc) is 3.42. The zero-order valence-electron chi connectivity index (χ0n) is 17.0. The van der Waals surface area contributed by atoms with Crippen LogP contribution in [0.5, 0.6) is 0 Å². The van der Waals surface area contributed by atoms with Crippen molar-refractivity contribution in [2.24, 2.45) is 4.99 Å². The predicted molar refractivity (Wildman–Crippen MR) is 122 cm³/mol. The van der Waals surface area contributed by atoms with E-state index in [9.17, 15) is 0 Å². The van der Waals surface area contributed by atoms with Gasteiger partial charge in [0.2, 0.25) is 0 Å². The van der Waals surface area contributed by atoms with Gasteiger partial charge in [-0.25, -0.2) is 15.0 Å². The van der Waals surface area contributed by atoms with E-state index in [4.69, 9.17) is 4.98 Å². The van der Waals surface area contributed by atoms with Crippen molar-refractivity contribution >= 4 is 34.6 Å². The number of fused-ring (bicyclic) bond motifs is 2. The molecule has 0 fully saturated rings. The molecule has 9 heteroatoms. The van der Waals surface area contributed by atoms with E-state index >= 15 is 0 Å². The molecule has 0 saturated carbocycles. The lowest BCUT2D eigenvalue weighted by molar-refractivity contribution is 1.09. The molecule has 2 N–H and O–H groups in total. The highest BCUT2D eigenvalue weighted by atomic mass is 15.2. The normalized spacial score (nSPS) is 11.9. The number of H-pyrrole nitrogens is 2. The van der Waals surface area contributed by atoms with Gasteiger partial charge < -0.3 is 9.88 Å². The quantitative estimate of drug-likeness (QED) is 0.425. The number of imidazole rings is 1. The van der Waals surface area contributed by atoms with Crippen LogP contribution in [0.4, 0.5) is 5.82 Å². The molecule has 0 aliphatic heterocycles. The SMILES string of the molecule is C=N/C(C)=C\N(C)c1nccc2[nH]c(-c3[nH]nc4ncc(-c5ccccn5)cc34)nc12. The molecule has 0 atom stereocenters. The highest BCUT2D eigenvalue weighted by Crippen LogP contribution is 2.30. The zero-order valence-corrected chi connectivity index (χ0v) is 17.0. The van der Waals surface area contributed by atoms with Gasteiger partial charge in [-0.15, -0.1) is 0 Å². The van der Waals surface area contributed by atoms with Crippen LogP contribution < -0.4 is 4.90 Å². The van der Waals surface area contributed by atoms with Crippen LogP contribution in [0.2, 0.25) is 0 Å². The molecular formula is C22H19N9. The van der Waals surface area contributed by atoms with Gasteiger partial charge in [0.05, 0.1) is 22.3 Å². The smallest absolute Gasteiger partial charge is 0.181 e. The third-order valence-corrected chi connectivity index (χ3v) is 4.95. The van der Waals surface area contributed by atoms with Crippen molar-refractivity contribution in [3.63, 3.8) is 0 Å². The van der Waals surface area contributed by atoms with Crippen molar-refractivity contribution in [3.05, 3.63) is 60.8 Å². The summed E-state index contributed by atoms with van der Waals surface area (Å²) in [7, 11) is 1.90. The summed E-state index contributed by atoms with van der Waals surface area (Å²) in [6.45, 7) is 5.43. The summed E-state index contributed by atoms with van der Waals surface area (Å²) in [4.78, 5) is 27.4. The summed E-state index contributed by atoms with van der Waals surface area (Å²) in [5, 5.41) is 8.26. The molecule has 0 spiro atoms. The highest BCUT2D eigenvalue weighted by Gasteiger charge is 2.17. The summed E-state index contributed by atoms with van der Waals surface area (Å²) in [6, 6.07) is 9.69. The monoisotopic (exact) mass is 409 g/mol. The average molecular weight is 409 g/mol. The standard InChI is InChI=1S/C22H19N9/c1-13(23-2)12-31(3)22-19-17(7-9-25-22)27-21(28-19)18-15-10-14(11-26-20(15)30-29-18)16-6-4-5-8-24-16/h4-12H,2H2,1,3H3,(H,27,28)(H,26,29,30)/b13-12-. The van der Waals surface area contributed by atoms with Crippen LogP contribution in [0, 0.1) is 0 Å². The maximum Gasteiger partial charge on any atom is 0.181 e. The number of rotatable bonds is 5. The van der Waals surface area contributed by atoms with E-state index in [1.54, 1.807) is 18.6 Å². The molecule has 9 nitrogen and oxygen atoms in total. The van der Waals surface area contributed by atoms with Crippen LogP contribution >= 0.6 is 0 Å². The molecule has 0 unspecified atom stereocenters. The van der Waals surface area contributed by atoms with Crippen molar-refractivity contribution in [1.29, 1.82) is 0 Å². The number of aromatic amines is 2. The van der Waals surface area contributed by atoms with Gasteiger partial charge in [-0.3, -0.25) is 15.1 Å². The van der Waals surface area contributed by atoms with E-state index in [1.807, 2.05) is 55.4 Å². The van der Waals surface area contributed by atoms with E-state index in [0.717, 1.165) is 39.1 Å². The molecule has 0 aromatic carbocycles. The van der Waals surface area contributed by atoms with Gasteiger partial charge in [0, 0.05) is 37.4 Å². The lowest BCUT2D eigenvalue weighted by atomic mass is 10.1. The van der Waals surface area contributed by atoms with E-state index in [1.165, 1.54) is 0 Å². The second-order valence-electron chi connectivity index (χ2n) is 7.06. The van der Waals surface area contributed by atoms with Crippen molar-refractivity contribution in [3.8, 4) is 22.8 Å². The number of nitrogens with zero attached hydrogens (tertiary/aromatic N) is 7. The Morgan fingerprint density at radius 2 is 2.06 bits per heavy atom. The maximum atomic E-state index is 4.81. The Kier molecular flexibility index (Phi) is 4.47.